The third-order valence-corrected chi connectivity index (χ3v) is 4.73. The van der Waals surface area contributed by atoms with Crippen molar-refractivity contribution in [1.82, 2.24) is 4.98 Å². The largest absolute Gasteiger partial charge is 0.506 e. The van der Waals surface area contributed by atoms with Crippen LogP contribution in [0.1, 0.15) is 21.5 Å². The van der Waals surface area contributed by atoms with E-state index in [1.807, 2.05) is 0 Å². The number of benzene rings is 2. The summed E-state index contributed by atoms with van der Waals surface area (Å²) in [5.74, 6) is -1.12. The number of rotatable bonds is 4. The van der Waals surface area contributed by atoms with Gasteiger partial charge in [-0.05, 0) is 30.3 Å². The van der Waals surface area contributed by atoms with E-state index in [0.717, 1.165) is 23.5 Å². The molecular formula is C17H11ClF3N3O3S. The lowest BCUT2D eigenvalue weighted by molar-refractivity contribution is -0.137. The van der Waals surface area contributed by atoms with Crippen LogP contribution in [0.2, 0.25) is 5.02 Å². The number of halogens is 4. The summed E-state index contributed by atoms with van der Waals surface area (Å²) >= 11 is 6.83. The molecule has 0 atom stereocenters. The van der Waals surface area contributed by atoms with E-state index in [1.54, 1.807) is 0 Å². The van der Waals surface area contributed by atoms with Crippen LogP contribution in [0.15, 0.2) is 35.5 Å². The molecule has 0 saturated heterocycles. The van der Waals surface area contributed by atoms with Gasteiger partial charge in [-0.15, -0.1) is 0 Å². The molecule has 146 valence electrons. The van der Waals surface area contributed by atoms with Gasteiger partial charge in [-0.1, -0.05) is 28.1 Å². The van der Waals surface area contributed by atoms with Gasteiger partial charge in [0, 0.05) is 10.6 Å². The van der Waals surface area contributed by atoms with E-state index in [-0.39, 0.29) is 31.7 Å². The number of aromatic nitrogens is 1. The molecule has 0 aliphatic rings. The summed E-state index contributed by atoms with van der Waals surface area (Å²) in [7, 11) is 1.31. The van der Waals surface area contributed by atoms with Crippen LogP contribution in [0.5, 0.6) is 5.75 Å². The van der Waals surface area contributed by atoms with Crippen LogP contribution in [0, 0.1) is 0 Å². The number of carbonyl (C=O) groups excluding carboxylic acids is 1. The molecule has 1 heterocycles. The number of alkyl halides is 3. The van der Waals surface area contributed by atoms with E-state index in [0.29, 0.717) is 5.52 Å². The lowest BCUT2D eigenvalue weighted by atomic mass is 10.1. The first-order valence-corrected chi connectivity index (χ1v) is 8.76. The highest BCUT2D eigenvalue weighted by atomic mass is 35.5. The summed E-state index contributed by atoms with van der Waals surface area (Å²) in [6, 6.07) is 5.72. The zero-order valence-corrected chi connectivity index (χ0v) is 15.6. The minimum absolute atomic E-state index is 0.0748. The van der Waals surface area contributed by atoms with Crippen molar-refractivity contribution in [1.29, 1.82) is 0 Å². The van der Waals surface area contributed by atoms with Crippen molar-refractivity contribution < 1.29 is 27.9 Å². The first-order chi connectivity index (χ1) is 13.2. The molecule has 28 heavy (non-hydrogen) atoms. The number of oxime groups is 1. The van der Waals surface area contributed by atoms with Crippen molar-refractivity contribution in [2.24, 2.45) is 5.16 Å². The van der Waals surface area contributed by atoms with E-state index < -0.39 is 17.6 Å². The molecule has 6 nitrogen and oxygen atoms in total. The topological polar surface area (TPSA) is 83.8 Å². The molecule has 0 aliphatic heterocycles. The monoisotopic (exact) mass is 429 g/mol. The molecular weight excluding hydrogens is 419 g/mol. The van der Waals surface area contributed by atoms with Crippen molar-refractivity contribution in [2.45, 2.75) is 6.18 Å². The SMILES string of the molecule is CO/N=C/c1cc(Cl)cc(C(=O)Nc2nc3ccc(C(F)(F)F)cc3s2)c1O. The average molecular weight is 430 g/mol. The van der Waals surface area contributed by atoms with Gasteiger partial charge in [0.05, 0.1) is 27.6 Å². The van der Waals surface area contributed by atoms with Crippen LogP contribution in [0.4, 0.5) is 18.3 Å². The maximum Gasteiger partial charge on any atom is 0.416 e. The van der Waals surface area contributed by atoms with E-state index in [1.165, 1.54) is 31.5 Å². The normalized spacial score (nSPS) is 11.9. The second kappa shape index (κ2) is 7.64. The number of hydrogen-bond donors (Lipinski definition) is 2. The summed E-state index contributed by atoms with van der Waals surface area (Å²) in [4.78, 5) is 21.1. The predicted molar refractivity (Wildman–Crippen MR) is 100 cm³/mol. The molecule has 11 heteroatoms. The number of nitrogens with one attached hydrogen (secondary N) is 1. The number of nitrogens with zero attached hydrogens (tertiary/aromatic N) is 2. The van der Waals surface area contributed by atoms with Gasteiger partial charge < -0.3 is 9.94 Å². The Kier molecular flexibility index (Phi) is 5.43. The number of phenols is 1. The van der Waals surface area contributed by atoms with Gasteiger partial charge in [-0.25, -0.2) is 4.98 Å². The fourth-order valence-electron chi connectivity index (χ4n) is 2.32. The molecule has 0 bridgehead atoms. The highest BCUT2D eigenvalue weighted by Crippen LogP contribution is 2.35. The van der Waals surface area contributed by atoms with E-state index in [4.69, 9.17) is 11.6 Å². The smallest absolute Gasteiger partial charge is 0.416 e. The van der Waals surface area contributed by atoms with Crippen LogP contribution >= 0.6 is 22.9 Å². The second-order valence-electron chi connectivity index (χ2n) is 5.46. The number of hydrogen-bond acceptors (Lipinski definition) is 6. The molecule has 1 amide bonds. The molecule has 2 N–H and O–H groups in total. The minimum Gasteiger partial charge on any atom is -0.506 e. The molecule has 0 unspecified atom stereocenters. The maximum atomic E-state index is 12.8. The first kappa shape index (κ1) is 19.9. The first-order valence-electron chi connectivity index (χ1n) is 7.57. The van der Waals surface area contributed by atoms with Crippen molar-refractivity contribution >= 4 is 50.4 Å². The Labute approximate surface area is 165 Å². The number of aromatic hydroxyl groups is 1. The molecule has 0 aliphatic carbocycles. The fraction of sp³-hybridized carbons (Fsp3) is 0.118. The average Bonchev–Trinajstić information content (AvgIpc) is 3.02. The number of amides is 1. The quantitative estimate of drug-likeness (QED) is 0.456. The molecule has 0 saturated carbocycles. The molecule has 2 aromatic carbocycles. The number of carbonyl (C=O) groups is 1. The molecule has 1 aromatic heterocycles. The molecule has 0 fully saturated rings. The van der Waals surface area contributed by atoms with Gasteiger partial charge in [-0.2, -0.15) is 13.2 Å². The predicted octanol–water partition coefficient (Wildman–Crippen LogP) is 4.91. The maximum absolute atomic E-state index is 12.8. The summed E-state index contributed by atoms with van der Waals surface area (Å²) < 4.78 is 38.7. The Bertz CT molecular complexity index is 1080. The van der Waals surface area contributed by atoms with Crippen LogP contribution in [-0.2, 0) is 11.0 Å². The summed E-state index contributed by atoms with van der Waals surface area (Å²) in [6.07, 6.45) is -3.30. The Hall–Kier alpha value is -2.85. The minimum atomic E-state index is -4.48. The summed E-state index contributed by atoms with van der Waals surface area (Å²) in [6.45, 7) is 0. The zero-order chi connectivity index (χ0) is 20.5. The Morgan fingerprint density at radius 3 is 2.79 bits per heavy atom. The summed E-state index contributed by atoms with van der Waals surface area (Å²) in [5.41, 5.74) is -0.508. The Morgan fingerprint density at radius 2 is 2.11 bits per heavy atom. The van der Waals surface area contributed by atoms with Gasteiger partial charge in [0.1, 0.15) is 12.9 Å². The number of thiazole rings is 1. The third-order valence-electron chi connectivity index (χ3n) is 3.58. The van der Waals surface area contributed by atoms with E-state index in [9.17, 15) is 23.1 Å². The number of anilines is 1. The van der Waals surface area contributed by atoms with Gasteiger partial charge >= 0.3 is 6.18 Å². The summed E-state index contributed by atoms with van der Waals surface area (Å²) in [5, 5.41) is 16.4. The Morgan fingerprint density at radius 1 is 1.36 bits per heavy atom. The van der Waals surface area contributed by atoms with Gasteiger partial charge in [-0.3, -0.25) is 10.1 Å². The molecule has 3 rings (SSSR count). The lowest BCUT2D eigenvalue weighted by Gasteiger charge is -2.07. The lowest BCUT2D eigenvalue weighted by Crippen LogP contribution is -2.12. The van der Waals surface area contributed by atoms with Crippen molar-refractivity contribution in [3.05, 3.63) is 52.0 Å². The van der Waals surface area contributed by atoms with Crippen LogP contribution in [-0.4, -0.2) is 29.3 Å². The number of phenolic OH excluding ortho intramolecular Hbond substituents is 1. The van der Waals surface area contributed by atoms with Crippen LogP contribution < -0.4 is 5.32 Å². The van der Waals surface area contributed by atoms with Gasteiger partial charge in [0.25, 0.3) is 5.91 Å². The Balaban J connectivity index is 1.91. The highest BCUT2D eigenvalue weighted by Gasteiger charge is 2.30. The van der Waals surface area contributed by atoms with Gasteiger partial charge in [0.2, 0.25) is 0 Å². The van der Waals surface area contributed by atoms with E-state index in [2.05, 4.69) is 20.3 Å². The molecule has 0 radical (unpaired) electrons. The third kappa shape index (κ3) is 4.18. The second-order valence-corrected chi connectivity index (χ2v) is 6.93. The number of fused-ring (bicyclic) bond motifs is 1. The standard InChI is InChI=1S/C17H11ClF3N3O3S/c1-27-22-7-8-4-10(18)6-11(14(8)25)15(26)24-16-23-12-3-2-9(17(19,20)21)5-13(12)28-16/h2-7,25H,1H3,(H,23,24,26)/b22-7+. The van der Waals surface area contributed by atoms with E-state index >= 15 is 0 Å². The van der Waals surface area contributed by atoms with Crippen molar-refractivity contribution in [3.8, 4) is 5.75 Å². The fourth-order valence-corrected chi connectivity index (χ4v) is 3.45. The van der Waals surface area contributed by atoms with Gasteiger partial charge in [0.15, 0.2) is 5.13 Å². The highest BCUT2D eigenvalue weighted by molar-refractivity contribution is 7.22. The van der Waals surface area contributed by atoms with Crippen molar-refractivity contribution in [2.75, 3.05) is 12.4 Å². The van der Waals surface area contributed by atoms with Crippen molar-refractivity contribution in [3.63, 3.8) is 0 Å². The molecule has 3 aromatic rings. The zero-order valence-electron chi connectivity index (χ0n) is 14.0. The van der Waals surface area contributed by atoms with Crippen LogP contribution in [0.3, 0.4) is 0 Å². The van der Waals surface area contributed by atoms with Crippen LogP contribution in [0.25, 0.3) is 10.2 Å². The molecule has 0 spiro atoms.